The van der Waals surface area contributed by atoms with Crippen molar-refractivity contribution in [3.05, 3.63) is 29.8 Å². The van der Waals surface area contributed by atoms with E-state index in [4.69, 9.17) is 10.5 Å². The summed E-state index contributed by atoms with van der Waals surface area (Å²) in [5.41, 5.74) is 6.71. The van der Waals surface area contributed by atoms with Crippen molar-refractivity contribution in [2.24, 2.45) is 0 Å². The Balaban J connectivity index is 2.55. The minimum Gasteiger partial charge on any atom is -0.399 e. The molecule has 1 amide bonds. The number of hydrogen-bond acceptors (Lipinski definition) is 5. The largest absolute Gasteiger partial charge is 0.399 e. The first kappa shape index (κ1) is 17.4. The third-order valence-electron chi connectivity index (χ3n) is 2.69. The molecule has 0 saturated carbocycles. The molecular formula is C13H21N3O4S. The van der Waals surface area contributed by atoms with Crippen LogP contribution in [0.25, 0.3) is 0 Å². The number of ether oxygens (including phenoxy) is 1. The van der Waals surface area contributed by atoms with Crippen LogP contribution in [0.5, 0.6) is 0 Å². The van der Waals surface area contributed by atoms with Crippen molar-refractivity contribution in [2.45, 2.75) is 18.7 Å². The summed E-state index contributed by atoms with van der Waals surface area (Å²) in [6.07, 6.45) is 0. The summed E-state index contributed by atoms with van der Waals surface area (Å²) in [6, 6.07) is 5.69. The third-order valence-corrected chi connectivity index (χ3v) is 4.12. The van der Waals surface area contributed by atoms with Gasteiger partial charge in [-0.3, -0.25) is 4.79 Å². The maximum Gasteiger partial charge on any atom is 0.237 e. The molecule has 0 spiro atoms. The van der Waals surface area contributed by atoms with Gasteiger partial charge in [-0.1, -0.05) is 12.1 Å². The molecule has 21 heavy (non-hydrogen) atoms. The van der Waals surface area contributed by atoms with Gasteiger partial charge in [0.15, 0.2) is 0 Å². The van der Waals surface area contributed by atoms with Crippen LogP contribution in [-0.4, -0.2) is 40.6 Å². The van der Waals surface area contributed by atoms with E-state index in [2.05, 4.69) is 10.0 Å². The zero-order valence-corrected chi connectivity index (χ0v) is 12.9. The van der Waals surface area contributed by atoms with Gasteiger partial charge in [-0.25, -0.2) is 13.1 Å². The minimum atomic E-state index is -3.61. The fourth-order valence-electron chi connectivity index (χ4n) is 1.63. The van der Waals surface area contributed by atoms with Gasteiger partial charge in [-0.15, -0.1) is 0 Å². The lowest BCUT2D eigenvalue weighted by Crippen LogP contribution is -2.45. The predicted molar refractivity (Wildman–Crippen MR) is 81.0 cm³/mol. The summed E-state index contributed by atoms with van der Waals surface area (Å²) in [4.78, 5) is 11.7. The van der Waals surface area contributed by atoms with Crippen molar-refractivity contribution in [3.8, 4) is 0 Å². The van der Waals surface area contributed by atoms with Gasteiger partial charge in [-0.2, -0.15) is 0 Å². The van der Waals surface area contributed by atoms with Crippen LogP contribution < -0.4 is 15.8 Å². The number of hydrogen-bond donors (Lipinski definition) is 3. The van der Waals surface area contributed by atoms with Crippen molar-refractivity contribution < 1.29 is 17.9 Å². The van der Waals surface area contributed by atoms with E-state index in [1.54, 1.807) is 24.3 Å². The number of amides is 1. The molecule has 1 aromatic rings. The van der Waals surface area contributed by atoms with Crippen LogP contribution in [-0.2, 0) is 25.3 Å². The highest BCUT2D eigenvalue weighted by molar-refractivity contribution is 7.88. The minimum absolute atomic E-state index is 0.205. The number of nitrogen functional groups attached to an aromatic ring is 1. The number of benzene rings is 1. The van der Waals surface area contributed by atoms with Gasteiger partial charge in [0.1, 0.15) is 0 Å². The van der Waals surface area contributed by atoms with Crippen molar-refractivity contribution in [1.82, 2.24) is 10.0 Å². The van der Waals surface area contributed by atoms with Gasteiger partial charge in [0.2, 0.25) is 15.9 Å². The SMILES string of the molecule is COCCNC(=O)C(C)NS(=O)(=O)Cc1ccc(N)cc1. The standard InChI is InChI=1S/C13H21N3O4S/c1-10(13(17)15-7-8-20-2)16-21(18,19)9-11-3-5-12(14)6-4-11/h3-6,10,16H,7-9,14H2,1-2H3,(H,15,17). The van der Waals surface area contributed by atoms with Crippen LogP contribution in [0.15, 0.2) is 24.3 Å². The molecule has 0 radical (unpaired) electrons. The third kappa shape index (κ3) is 6.56. The second-order valence-corrected chi connectivity index (χ2v) is 6.38. The average Bonchev–Trinajstić information content (AvgIpc) is 2.40. The van der Waals surface area contributed by atoms with E-state index < -0.39 is 22.0 Å². The van der Waals surface area contributed by atoms with Gasteiger partial charge in [-0.05, 0) is 24.6 Å². The Kier molecular flexibility index (Phi) is 6.60. The van der Waals surface area contributed by atoms with Crippen LogP contribution in [0.1, 0.15) is 12.5 Å². The number of anilines is 1. The molecule has 0 fully saturated rings. The van der Waals surface area contributed by atoms with Gasteiger partial charge in [0.25, 0.3) is 0 Å². The van der Waals surface area contributed by atoms with Gasteiger partial charge in [0.05, 0.1) is 18.4 Å². The van der Waals surface area contributed by atoms with Gasteiger partial charge >= 0.3 is 0 Å². The molecule has 7 nitrogen and oxygen atoms in total. The summed E-state index contributed by atoms with van der Waals surface area (Å²) in [7, 11) is -2.09. The maximum absolute atomic E-state index is 12.0. The Labute approximate surface area is 124 Å². The predicted octanol–water partition coefficient (Wildman–Crippen LogP) is -0.161. The Morgan fingerprint density at radius 2 is 1.95 bits per heavy atom. The summed E-state index contributed by atoms with van der Waals surface area (Å²) >= 11 is 0. The summed E-state index contributed by atoms with van der Waals surface area (Å²) in [5.74, 6) is -0.601. The fraction of sp³-hybridized carbons (Fsp3) is 0.462. The van der Waals surface area contributed by atoms with Crippen molar-refractivity contribution in [1.29, 1.82) is 0 Å². The molecule has 8 heteroatoms. The lowest BCUT2D eigenvalue weighted by atomic mass is 10.2. The molecule has 0 aromatic heterocycles. The van der Waals surface area contributed by atoms with E-state index in [1.165, 1.54) is 14.0 Å². The summed E-state index contributed by atoms with van der Waals surface area (Å²) in [5, 5.41) is 2.57. The molecular weight excluding hydrogens is 294 g/mol. The summed E-state index contributed by atoms with van der Waals surface area (Å²) in [6.45, 7) is 2.19. The van der Waals surface area contributed by atoms with Crippen LogP contribution in [0.4, 0.5) is 5.69 Å². The lowest BCUT2D eigenvalue weighted by Gasteiger charge is -2.14. The molecule has 0 saturated heterocycles. The number of nitrogens with two attached hydrogens (primary N) is 1. The molecule has 0 heterocycles. The molecule has 0 aliphatic carbocycles. The van der Waals surface area contributed by atoms with Crippen LogP contribution >= 0.6 is 0 Å². The molecule has 1 unspecified atom stereocenters. The Hall–Kier alpha value is -1.64. The summed E-state index contributed by atoms with van der Waals surface area (Å²) < 4.78 is 31.1. The highest BCUT2D eigenvalue weighted by Crippen LogP contribution is 2.09. The Morgan fingerprint density at radius 1 is 1.33 bits per heavy atom. The molecule has 0 aliphatic rings. The number of sulfonamides is 1. The van der Waals surface area contributed by atoms with E-state index in [0.29, 0.717) is 24.4 Å². The number of rotatable bonds is 8. The zero-order chi connectivity index (χ0) is 15.9. The second-order valence-electron chi connectivity index (χ2n) is 4.62. The molecule has 1 rings (SSSR count). The van der Waals surface area contributed by atoms with Crippen LogP contribution in [0.2, 0.25) is 0 Å². The van der Waals surface area contributed by atoms with E-state index in [1.807, 2.05) is 0 Å². The smallest absolute Gasteiger partial charge is 0.237 e. The Morgan fingerprint density at radius 3 is 2.52 bits per heavy atom. The maximum atomic E-state index is 12.0. The lowest BCUT2D eigenvalue weighted by molar-refractivity contribution is -0.122. The number of carbonyl (C=O) groups excluding carboxylic acids is 1. The first-order valence-electron chi connectivity index (χ1n) is 6.45. The van der Waals surface area contributed by atoms with E-state index in [0.717, 1.165) is 0 Å². The normalized spacial score (nSPS) is 12.9. The molecule has 1 aromatic carbocycles. The topological polar surface area (TPSA) is 111 Å². The number of carbonyl (C=O) groups is 1. The quantitative estimate of drug-likeness (QED) is 0.456. The van der Waals surface area contributed by atoms with Gasteiger partial charge < -0.3 is 15.8 Å². The van der Waals surface area contributed by atoms with E-state index in [9.17, 15) is 13.2 Å². The number of nitrogens with one attached hydrogen (secondary N) is 2. The monoisotopic (exact) mass is 315 g/mol. The molecule has 118 valence electrons. The second kappa shape index (κ2) is 7.96. The molecule has 0 aliphatic heterocycles. The Bertz CT molecular complexity index is 557. The molecule has 0 bridgehead atoms. The van der Waals surface area contributed by atoms with E-state index >= 15 is 0 Å². The van der Waals surface area contributed by atoms with Crippen LogP contribution in [0.3, 0.4) is 0 Å². The highest BCUT2D eigenvalue weighted by atomic mass is 32.2. The van der Waals surface area contributed by atoms with Gasteiger partial charge in [0, 0.05) is 19.3 Å². The van der Waals surface area contributed by atoms with E-state index in [-0.39, 0.29) is 5.75 Å². The van der Waals surface area contributed by atoms with Crippen molar-refractivity contribution in [2.75, 3.05) is 26.0 Å². The van der Waals surface area contributed by atoms with Crippen LogP contribution in [0, 0.1) is 0 Å². The van der Waals surface area contributed by atoms with Crippen molar-refractivity contribution in [3.63, 3.8) is 0 Å². The average molecular weight is 315 g/mol. The first-order valence-corrected chi connectivity index (χ1v) is 8.10. The zero-order valence-electron chi connectivity index (χ0n) is 12.1. The van der Waals surface area contributed by atoms with Crippen molar-refractivity contribution >= 4 is 21.6 Å². The first-order chi connectivity index (χ1) is 9.84. The fourth-order valence-corrected chi connectivity index (χ4v) is 2.99. The number of methoxy groups -OCH3 is 1. The molecule has 1 atom stereocenters. The molecule has 4 N–H and O–H groups in total. The highest BCUT2D eigenvalue weighted by Gasteiger charge is 2.20.